The van der Waals surface area contributed by atoms with Gasteiger partial charge in [-0.3, -0.25) is 4.98 Å². The van der Waals surface area contributed by atoms with Crippen LogP contribution in [-0.2, 0) is 14.8 Å². The molecule has 6 nitrogen and oxygen atoms in total. The zero-order chi connectivity index (χ0) is 13.6. The quantitative estimate of drug-likeness (QED) is 0.743. The molecular weight excluding hydrogens is 254 g/mol. The summed E-state index contributed by atoms with van der Waals surface area (Å²) < 4.78 is 31.0. The third-order valence-corrected chi connectivity index (χ3v) is 4.38. The fourth-order valence-electron chi connectivity index (χ4n) is 1.42. The van der Waals surface area contributed by atoms with Crippen LogP contribution in [0.25, 0.3) is 0 Å². The number of sulfonamides is 1. The molecule has 0 fully saturated rings. The summed E-state index contributed by atoms with van der Waals surface area (Å²) in [5, 5.41) is 2.85. The molecule has 0 spiro atoms. The summed E-state index contributed by atoms with van der Waals surface area (Å²) in [7, 11) is -0.330. The molecule has 0 aliphatic carbocycles. The fraction of sp³-hybridized carbons (Fsp3) is 0.545. The standard InChI is InChI=1S/C11H19N3O3S/c1-4-17-8-7-14(3)18(15,16)11-9-13-6-5-10(11)12-2/h5-6,9H,4,7-8H2,1-3H3,(H,12,13). The minimum atomic E-state index is -3.53. The van der Waals surface area contributed by atoms with Crippen LogP contribution in [0.4, 0.5) is 5.69 Å². The van der Waals surface area contributed by atoms with Crippen LogP contribution < -0.4 is 5.32 Å². The number of rotatable bonds is 7. The van der Waals surface area contributed by atoms with Crippen LogP contribution in [-0.4, -0.2) is 51.6 Å². The Labute approximate surface area is 108 Å². The molecule has 0 saturated carbocycles. The minimum absolute atomic E-state index is 0.173. The third-order valence-electron chi connectivity index (χ3n) is 2.50. The highest BCUT2D eigenvalue weighted by molar-refractivity contribution is 7.89. The van der Waals surface area contributed by atoms with Crippen molar-refractivity contribution in [1.29, 1.82) is 0 Å². The van der Waals surface area contributed by atoms with Gasteiger partial charge in [-0.05, 0) is 13.0 Å². The Morgan fingerprint density at radius 1 is 1.50 bits per heavy atom. The van der Waals surface area contributed by atoms with E-state index in [0.717, 1.165) is 0 Å². The first kappa shape index (κ1) is 14.9. The van der Waals surface area contributed by atoms with Gasteiger partial charge in [0.15, 0.2) is 0 Å². The van der Waals surface area contributed by atoms with Crippen LogP contribution in [0.3, 0.4) is 0 Å². The third kappa shape index (κ3) is 3.41. The SMILES string of the molecule is CCOCCN(C)S(=O)(=O)c1cnccc1NC. The Morgan fingerprint density at radius 2 is 2.22 bits per heavy atom. The van der Waals surface area contributed by atoms with Gasteiger partial charge < -0.3 is 10.1 Å². The number of nitrogens with zero attached hydrogens (tertiary/aromatic N) is 2. The molecule has 0 unspecified atom stereocenters. The van der Waals surface area contributed by atoms with E-state index >= 15 is 0 Å². The van der Waals surface area contributed by atoms with Crippen LogP contribution in [0, 0.1) is 0 Å². The number of hydrogen-bond donors (Lipinski definition) is 1. The highest BCUT2D eigenvalue weighted by Gasteiger charge is 2.23. The maximum absolute atomic E-state index is 12.3. The van der Waals surface area contributed by atoms with Crippen LogP contribution in [0.5, 0.6) is 0 Å². The molecule has 0 atom stereocenters. The number of ether oxygens (including phenoxy) is 1. The first-order valence-electron chi connectivity index (χ1n) is 5.70. The molecule has 0 radical (unpaired) electrons. The van der Waals surface area contributed by atoms with E-state index in [9.17, 15) is 8.42 Å². The summed E-state index contributed by atoms with van der Waals surface area (Å²) in [6, 6.07) is 1.63. The second kappa shape index (κ2) is 6.67. The average Bonchev–Trinajstić information content (AvgIpc) is 2.38. The van der Waals surface area contributed by atoms with E-state index in [4.69, 9.17) is 4.74 Å². The lowest BCUT2D eigenvalue weighted by Gasteiger charge is -2.18. The summed E-state index contributed by atoms with van der Waals surface area (Å²) in [6.45, 7) is 3.13. The Morgan fingerprint density at radius 3 is 2.83 bits per heavy atom. The molecular formula is C11H19N3O3S. The largest absolute Gasteiger partial charge is 0.387 e. The lowest BCUT2D eigenvalue weighted by atomic mass is 10.4. The van der Waals surface area contributed by atoms with Crippen molar-refractivity contribution in [3.05, 3.63) is 18.5 Å². The Kier molecular flexibility index (Phi) is 5.52. The summed E-state index contributed by atoms with van der Waals surface area (Å²) in [5.41, 5.74) is 0.535. The Balaban J connectivity index is 2.91. The molecule has 18 heavy (non-hydrogen) atoms. The highest BCUT2D eigenvalue weighted by Crippen LogP contribution is 2.21. The van der Waals surface area contributed by atoms with E-state index in [1.165, 1.54) is 17.5 Å². The van der Waals surface area contributed by atoms with Gasteiger partial charge in [-0.1, -0.05) is 0 Å². The number of aromatic nitrogens is 1. The van der Waals surface area contributed by atoms with Crippen molar-refractivity contribution in [3.63, 3.8) is 0 Å². The number of pyridine rings is 1. The molecule has 1 heterocycles. The summed E-state index contributed by atoms with van der Waals surface area (Å²) in [6.07, 6.45) is 2.89. The zero-order valence-corrected chi connectivity index (χ0v) is 11.7. The molecule has 0 amide bonds. The van der Waals surface area contributed by atoms with Crippen LogP contribution in [0.2, 0.25) is 0 Å². The molecule has 0 aliphatic rings. The maximum atomic E-state index is 12.3. The van der Waals surface area contributed by atoms with Gasteiger partial charge in [0.25, 0.3) is 0 Å². The monoisotopic (exact) mass is 273 g/mol. The molecule has 0 aromatic carbocycles. The Bertz CT molecular complexity index is 476. The molecule has 7 heteroatoms. The van der Waals surface area contributed by atoms with Crippen molar-refractivity contribution in [2.45, 2.75) is 11.8 Å². The van der Waals surface area contributed by atoms with Gasteiger partial charge in [0.1, 0.15) is 4.90 Å². The van der Waals surface area contributed by atoms with Crippen molar-refractivity contribution in [2.75, 3.05) is 39.2 Å². The van der Waals surface area contributed by atoms with Gasteiger partial charge in [0.2, 0.25) is 10.0 Å². The minimum Gasteiger partial charge on any atom is -0.387 e. The number of hydrogen-bond acceptors (Lipinski definition) is 5. The fourth-order valence-corrected chi connectivity index (χ4v) is 2.71. The number of anilines is 1. The van der Waals surface area contributed by atoms with Gasteiger partial charge in [0, 0.05) is 39.6 Å². The molecule has 0 saturated heterocycles. The van der Waals surface area contributed by atoms with Crippen molar-refractivity contribution in [1.82, 2.24) is 9.29 Å². The molecule has 1 rings (SSSR count). The average molecular weight is 273 g/mol. The van der Waals surface area contributed by atoms with E-state index in [-0.39, 0.29) is 4.90 Å². The first-order chi connectivity index (χ1) is 8.54. The highest BCUT2D eigenvalue weighted by atomic mass is 32.2. The molecule has 1 aromatic rings. The second-order valence-electron chi connectivity index (χ2n) is 3.65. The van der Waals surface area contributed by atoms with E-state index in [0.29, 0.717) is 25.4 Å². The number of nitrogens with one attached hydrogen (secondary N) is 1. The normalized spacial score (nSPS) is 11.8. The van der Waals surface area contributed by atoms with Gasteiger partial charge in [-0.15, -0.1) is 0 Å². The van der Waals surface area contributed by atoms with Gasteiger partial charge >= 0.3 is 0 Å². The zero-order valence-electron chi connectivity index (χ0n) is 10.9. The predicted molar refractivity (Wildman–Crippen MR) is 70.1 cm³/mol. The summed E-state index contributed by atoms with van der Waals surface area (Å²) in [4.78, 5) is 4.03. The second-order valence-corrected chi connectivity index (χ2v) is 5.66. The summed E-state index contributed by atoms with van der Waals surface area (Å²) in [5.74, 6) is 0. The predicted octanol–water partition coefficient (Wildman–Crippen LogP) is 0.780. The maximum Gasteiger partial charge on any atom is 0.246 e. The van der Waals surface area contributed by atoms with Crippen LogP contribution in [0.1, 0.15) is 6.92 Å². The van der Waals surface area contributed by atoms with Gasteiger partial charge in [-0.25, -0.2) is 8.42 Å². The molecule has 102 valence electrons. The van der Waals surface area contributed by atoms with E-state index in [1.54, 1.807) is 19.3 Å². The van der Waals surface area contributed by atoms with Crippen molar-refractivity contribution in [3.8, 4) is 0 Å². The summed E-state index contributed by atoms with van der Waals surface area (Å²) >= 11 is 0. The van der Waals surface area contributed by atoms with Crippen LogP contribution in [0.15, 0.2) is 23.4 Å². The van der Waals surface area contributed by atoms with E-state index in [2.05, 4.69) is 10.3 Å². The molecule has 1 N–H and O–H groups in total. The number of likely N-dealkylation sites (N-methyl/N-ethyl adjacent to an activating group) is 1. The van der Waals surface area contributed by atoms with Crippen molar-refractivity contribution < 1.29 is 13.2 Å². The Hall–Kier alpha value is -1.18. The van der Waals surface area contributed by atoms with E-state index < -0.39 is 10.0 Å². The van der Waals surface area contributed by atoms with E-state index in [1.807, 2.05) is 6.92 Å². The lowest BCUT2D eigenvalue weighted by molar-refractivity contribution is 0.138. The first-order valence-corrected chi connectivity index (χ1v) is 7.14. The van der Waals surface area contributed by atoms with Gasteiger partial charge in [0.05, 0.1) is 12.3 Å². The van der Waals surface area contributed by atoms with Gasteiger partial charge in [-0.2, -0.15) is 4.31 Å². The van der Waals surface area contributed by atoms with Crippen LogP contribution >= 0.6 is 0 Å². The van der Waals surface area contributed by atoms with Crippen molar-refractivity contribution >= 4 is 15.7 Å². The lowest BCUT2D eigenvalue weighted by Crippen LogP contribution is -2.30. The van der Waals surface area contributed by atoms with Crippen molar-refractivity contribution in [2.24, 2.45) is 0 Å². The smallest absolute Gasteiger partial charge is 0.246 e. The molecule has 1 aromatic heterocycles. The topological polar surface area (TPSA) is 71.5 Å². The molecule has 0 aliphatic heterocycles. The molecule has 0 bridgehead atoms.